The van der Waals surface area contributed by atoms with Gasteiger partial charge in [-0.25, -0.2) is 13.8 Å². The average Bonchev–Trinajstić information content (AvgIpc) is 3.09. The lowest BCUT2D eigenvalue weighted by Gasteiger charge is -2.21. The Morgan fingerprint density at radius 2 is 2.19 bits per heavy atom. The third-order valence-corrected chi connectivity index (χ3v) is 6.05. The Bertz CT molecular complexity index is 1080. The Balaban J connectivity index is 2.05. The first-order valence-electron chi connectivity index (χ1n) is 9.43. The molecule has 2 atom stereocenters. The van der Waals surface area contributed by atoms with Gasteiger partial charge >= 0.3 is 0 Å². The molecule has 164 valence electrons. The summed E-state index contributed by atoms with van der Waals surface area (Å²) in [6, 6.07) is 4.69. The van der Waals surface area contributed by atoms with Gasteiger partial charge in [0.1, 0.15) is 12.4 Å². The molecule has 0 aliphatic carbocycles. The van der Waals surface area contributed by atoms with E-state index in [4.69, 9.17) is 10.5 Å². The number of carbonyl (C=O) groups excluding carboxylic acids is 2. The first kappa shape index (κ1) is 22.7. The van der Waals surface area contributed by atoms with Crippen LogP contribution in [0.5, 0.6) is 5.75 Å². The van der Waals surface area contributed by atoms with E-state index in [1.54, 1.807) is 32.2 Å². The highest BCUT2D eigenvalue weighted by atomic mass is 32.1. The van der Waals surface area contributed by atoms with Gasteiger partial charge in [0, 0.05) is 36.5 Å². The highest BCUT2D eigenvalue weighted by Gasteiger charge is 2.42. The molecule has 3 rings (SSSR count). The van der Waals surface area contributed by atoms with Crippen molar-refractivity contribution in [3.05, 3.63) is 33.6 Å². The van der Waals surface area contributed by atoms with E-state index in [2.05, 4.69) is 16.8 Å². The smallest absolute Gasteiger partial charge is 0.277 e. The fourth-order valence-electron chi connectivity index (χ4n) is 2.99. The predicted molar refractivity (Wildman–Crippen MR) is 111 cm³/mol. The van der Waals surface area contributed by atoms with Crippen molar-refractivity contribution in [1.29, 1.82) is 0 Å². The van der Waals surface area contributed by atoms with Gasteiger partial charge in [0.25, 0.3) is 17.7 Å². The lowest BCUT2D eigenvalue weighted by molar-refractivity contribution is -0.135. The number of aliphatic hydroxyl groups is 1. The minimum absolute atomic E-state index is 0.0767. The first-order valence-corrected chi connectivity index (χ1v) is 10.2. The Labute approximate surface area is 181 Å². The number of aromatic nitrogens is 1. The topological polar surface area (TPSA) is 106 Å². The number of rotatable bonds is 4. The van der Waals surface area contributed by atoms with Gasteiger partial charge < -0.3 is 20.5 Å². The van der Waals surface area contributed by atoms with Gasteiger partial charge in [0.2, 0.25) is 0 Å². The van der Waals surface area contributed by atoms with Crippen LogP contribution in [0.15, 0.2) is 18.2 Å². The normalized spacial score (nSPS) is 16.0. The molecule has 0 spiro atoms. The summed E-state index contributed by atoms with van der Waals surface area (Å²) in [5.41, 5.74) is 6.29. The molecule has 1 aromatic heterocycles. The molecular weight excluding hydrogens is 428 g/mol. The quantitative estimate of drug-likeness (QED) is 0.697. The van der Waals surface area contributed by atoms with E-state index in [0.717, 1.165) is 18.3 Å². The SMILES string of the molecule is CCN(C)C(=O)C(O)C#Cc1ccc2c(c1)-c1nc(C(N)=O)sc1C(C(C)(F)F)CO2. The maximum absolute atomic E-state index is 14.3. The molecule has 1 aliphatic rings. The largest absolute Gasteiger partial charge is 0.492 e. The second kappa shape index (κ2) is 8.61. The summed E-state index contributed by atoms with van der Waals surface area (Å²) >= 11 is 0.817. The van der Waals surface area contributed by atoms with Crippen LogP contribution in [0.4, 0.5) is 8.78 Å². The van der Waals surface area contributed by atoms with Gasteiger partial charge in [-0.3, -0.25) is 9.59 Å². The lowest BCUT2D eigenvalue weighted by atomic mass is 9.98. The fraction of sp³-hybridized carbons (Fsp3) is 0.381. The van der Waals surface area contributed by atoms with Gasteiger partial charge in [-0.1, -0.05) is 11.8 Å². The molecule has 2 heterocycles. The molecule has 3 N–H and O–H groups in total. The van der Waals surface area contributed by atoms with Crippen LogP contribution < -0.4 is 10.5 Å². The van der Waals surface area contributed by atoms with E-state index in [0.29, 0.717) is 23.4 Å². The van der Waals surface area contributed by atoms with E-state index in [1.807, 2.05) is 0 Å². The highest BCUT2D eigenvalue weighted by molar-refractivity contribution is 7.14. The van der Waals surface area contributed by atoms with Crippen LogP contribution in [0.3, 0.4) is 0 Å². The van der Waals surface area contributed by atoms with Crippen molar-refractivity contribution >= 4 is 23.2 Å². The second-order valence-corrected chi connectivity index (χ2v) is 8.18. The molecule has 7 nitrogen and oxygen atoms in total. The summed E-state index contributed by atoms with van der Waals surface area (Å²) < 4.78 is 34.1. The first-order chi connectivity index (χ1) is 14.5. The number of carbonyl (C=O) groups is 2. The van der Waals surface area contributed by atoms with Crippen LogP contribution in [-0.4, -0.2) is 59.0 Å². The number of ether oxygens (including phenoxy) is 1. The van der Waals surface area contributed by atoms with E-state index in [-0.39, 0.29) is 22.2 Å². The molecule has 0 bridgehead atoms. The van der Waals surface area contributed by atoms with Crippen molar-refractivity contribution in [2.24, 2.45) is 5.73 Å². The van der Waals surface area contributed by atoms with Crippen molar-refractivity contribution < 1.29 is 28.2 Å². The molecule has 0 saturated carbocycles. The minimum atomic E-state index is -3.11. The number of likely N-dealkylation sites (N-methyl/N-ethyl adjacent to an activating group) is 1. The number of aliphatic hydroxyl groups excluding tert-OH is 1. The summed E-state index contributed by atoms with van der Waals surface area (Å²) in [5, 5.41) is 9.90. The molecule has 2 unspecified atom stereocenters. The van der Waals surface area contributed by atoms with Crippen LogP contribution in [0.1, 0.15) is 40.0 Å². The summed E-state index contributed by atoms with van der Waals surface area (Å²) in [6.45, 7) is 2.67. The van der Waals surface area contributed by atoms with Gasteiger partial charge in [0.05, 0.1) is 11.6 Å². The molecule has 2 amide bonds. The van der Waals surface area contributed by atoms with Gasteiger partial charge in [-0.15, -0.1) is 11.3 Å². The number of benzene rings is 1. The maximum atomic E-state index is 14.3. The predicted octanol–water partition coefficient (Wildman–Crippen LogP) is 2.23. The molecule has 1 aromatic carbocycles. The number of nitrogens with zero attached hydrogens (tertiary/aromatic N) is 2. The summed E-state index contributed by atoms with van der Waals surface area (Å²) in [5.74, 6) is -0.268. The van der Waals surface area contributed by atoms with E-state index in [1.165, 1.54) is 4.90 Å². The number of thiazole rings is 1. The van der Waals surface area contributed by atoms with Crippen LogP contribution in [0, 0.1) is 11.8 Å². The van der Waals surface area contributed by atoms with Crippen LogP contribution in [0.2, 0.25) is 0 Å². The second-order valence-electron chi connectivity index (χ2n) is 7.15. The van der Waals surface area contributed by atoms with Crippen LogP contribution in [-0.2, 0) is 4.79 Å². The summed E-state index contributed by atoms with van der Waals surface area (Å²) in [7, 11) is 1.55. The molecule has 1 aliphatic heterocycles. The molecule has 0 radical (unpaired) electrons. The van der Waals surface area contributed by atoms with Crippen molar-refractivity contribution in [2.75, 3.05) is 20.2 Å². The van der Waals surface area contributed by atoms with Crippen LogP contribution >= 0.6 is 11.3 Å². The Hall–Kier alpha value is -3.03. The number of hydrogen-bond donors (Lipinski definition) is 2. The third-order valence-electron chi connectivity index (χ3n) is 4.87. The lowest BCUT2D eigenvalue weighted by Crippen LogP contribution is -2.35. The van der Waals surface area contributed by atoms with E-state index >= 15 is 0 Å². The minimum Gasteiger partial charge on any atom is -0.492 e. The Morgan fingerprint density at radius 3 is 2.81 bits per heavy atom. The molecule has 2 aromatic rings. The molecular formula is C21H21F2N3O4S. The monoisotopic (exact) mass is 449 g/mol. The van der Waals surface area contributed by atoms with Crippen molar-refractivity contribution in [3.63, 3.8) is 0 Å². The molecule has 0 fully saturated rings. The number of hydrogen-bond acceptors (Lipinski definition) is 6. The number of amides is 2. The molecule has 0 saturated heterocycles. The standard InChI is InChI=1S/C21H21F2N3O4S/c1-4-26(3)20(29)14(27)7-5-11-6-8-15-12(9-11)16-17(31-19(25-16)18(24)28)13(10-30-15)21(2,22)23/h6,8-9,13-14,27H,4,10H2,1-3H3,(H2,24,28). The molecule has 10 heteroatoms. The van der Waals surface area contributed by atoms with Gasteiger partial charge in [0.15, 0.2) is 11.1 Å². The highest BCUT2D eigenvalue weighted by Crippen LogP contribution is 2.46. The zero-order chi connectivity index (χ0) is 22.9. The number of halogens is 2. The maximum Gasteiger partial charge on any atom is 0.277 e. The van der Waals surface area contributed by atoms with Gasteiger partial charge in [-0.05, 0) is 25.1 Å². The van der Waals surface area contributed by atoms with E-state index < -0.39 is 29.8 Å². The van der Waals surface area contributed by atoms with Crippen molar-refractivity contribution in [3.8, 4) is 28.8 Å². The third kappa shape index (κ3) is 4.68. The van der Waals surface area contributed by atoms with Crippen LogP contribution in [0.25, 0.3) is 11.3 Å². The fourth-order valence-corrected chi connectivity index (χ4v) is 4.10. The van der Waals surface area contributed by atoms with Gasteiger partial charge in [-0.2, -0.15) is 0 Å². The Morgan fingerprint density at radius 1 is 1.48 bits per heavy atom. The average molecular weight is 449 g/mol. The number of primary amides is 1. The number of alkyl halides is 2. The summed E-state index contributed by atoms with van der Waals surface area (Å²) in [6.07, 6.45) is -1.50. The van der Waals surface area contributed by atoms with E-state index in [9.17, 15) is 23.5 Å². The summed E-state index contributed by atoms with van der Waals surface area (Å²) in [4.78, 5) is 29.3. The number of nitrogens with two attached hydrogens (primary N) is 1. The van der Waals surface area contributed by atoms with Crippen molar-refractivity contribution in [1.82, 2.24) is 9.88 Å². The zero-order valence-electron chi connectivity index (χ0n) is 17.1. The zero-order valence-corrected chi connectivity index (χ0v) is 17.9. The van der Waals surface area contributed by atoms with Crippen molar-refractivity contribution in [2.45, 2.75) is 31.8 Å². The number of fused-ring (bicyclic) bond motifs is 3. The molecule has 31 heavy (non-hydrogen) atoms. The Kier molecular flexibility index (Phi) is 6.29.